The van der Waals surface area contributed by atoms with Gasteiger partial charge in [0.2, 0.25) is 0 Å². The zero-order chi connectivity index (χ0) is 11.7. The van der Waals surface area contributed by atoms with E-state index in [1.807, 2.05) is 20.8 Å². The second-order valence-electron chi connectivity index (χ2n) is 5.22. The van der Waals surface area contributed by atoms with Gasteiger partial charge in [-0.05, 0) is 12.8 Å². The Bertz CT molecular complexity index is 206. The van der Waals surface area contributed by atoms with Crippen LogP contribution in [0.1, 0.15) is 33.6 Å². The SMILES string of the molecule is CCC(CO)(CO)NC1CC(O)C1(C)C. The summed E-state index contributed by atoms with van der Waals surface area (Å²) in [4.78, 5) is 0. The van der Waals surface area contributed by atoms with Crippen molar-refractivity contribution in [1.29, 1.82) is 0 Å². The van der Waals surface area contributed by atoms with E-state index < -0.39 is 5.54 Å². The quantitative estimate of drug-likeness (QED) is 0.517. The van der Waals surface area contributed by atoms with Gasteiger partial charge in [0.15, 0.2) is 0 Å². The maximum atomic E-state index is 9.60. The number of nitrogens with one attached hydrogen (secondary N) is 1. The van der Waals surface area contributed by atoms with Crippen LogP contribution in [0.3, 0.4) is 0 Å². The molecule has 0 aromatic rings. The molecule has 0 bridgehead atoms. The molecule has 4 nitrogen and oxygen atoms in total. The molecule has 1 saturated carbocycles. The number of hydrogen-bond donors (Lipinski definition) is 4. The van der Waals surface area contributed by atoms with E-state index in [2.05, 4.69) is 5.32 Å². The second-order valence-corrected chi connectivity index (χ2v) is 5.22. The van der Waals surface area contributed by atoms with Gasteiger partial charge in [0.25, 0.3) is 0 Å². The van der Waals surface area contributed by atoms with Gasteiger partial charge < -0.3 is 20.6 Å². The van der Waals surface area contributed by atoms with Crippen LogP contribution in [-0.2, 0) is 0 Å². The highest BCUT2D eigenvalue weighted by atomic mass is 16.3. The summed E-state index contributed by atoms with van der Waals surface area (Å²) in [6.07, 6.45) is 1.07. The first kappa shape index (κ1) is 12.9. The Morgan fingerprint density at radius 3 is 2.13 bits per heavy atom. The van der Waals surface area contributed by atoms with Gasteiger partial charge >= 0.3 is 0 Å². The van der Waals surface area contributed by atoms with Gasteiger partial charge in [-0.15, -0.1) is 0 Å². The predicted octanol–water partition coefficient (Wildman–Crippen LogP) is -0.131. The largest absolute Gasteiger partial charge is 0.394 e. The van der Waals surface area contributed by atoms with E-state index in [-0.39, 0.29) is 30.8 Å². The molecule has 1 fully saturated rings. The maximum absolute atomic E-state index is 9.60. The fraction of sp³-hybridized carbons (Fsp3) is 1.00. The minimum absolute atomic E-state index is 0.0807. The molecular formula is C11H23NO3. The third-order valence-corrected chi connectivity index (χ3v) is 3.98. The van der Waals surface area contributed by atoms with Crippen LogP contribution in [-0.4, -0.2) is 46.2 Å². The monoisotopic (exact) mass is 217 g/mol. The molecule has 0 aromatic carbocycles. The third-order valence-electron chi connectivity index (χ3n) is 3.98. The first-order chi connectivity index (χ1) is 6.91. The molecule has 0 radical (unpaired) electrons. The summed E-state index contributed by atoms with van der Waals surface area (Å²) in [6.45, 7) is 5.76. The van der Waals surface area contributed by atoms with Crippen LogP contribution < -0.4 is 5.32 Å². The Morgan fingerprint density at radius 2 is 1.87 bits per heavy atom. The highest BCUT2D eigenvalue weighted by molar-refractivity contribution is 5.05. The van der Waals surface area contributed by atoms with E-state index in [0.29, 0.717) is 12.8 Å². The fourth-order valence-corrected chi connectivity index (χ4v) is 1.98. The Balaban J connectivity index is 2.61. The summed E-state index contributed by atoms with van der Waals surface area (Å²) in [5.74, 6) is 0. The molecule has 4 N–H and O–H groups in total. The molecule has 1 aliphatic carbocycles. The lowest BCUT2D eigenvalue weighted by atomic mass is 9.64. The first-order valence-electron chi connectivity index (χ1n) is 5.59. The Morgan fingerprint density at radius 1 is 1.33 bits per heavy atom. The molecule has 90 valence electrons. The van der Waals surface area contributed by atoms with Crippen molar-refractivity contribution in [2.75, 3.05) is 13.2 Å². The second kappa shape index (κ2) is 4.37. The molecule has 0 aliphatic heterocycles. The van der Waals surface area contributed by atoms with Crippen molar-refractivity contribution >= 4 is 0 Å². The van der Waals surface area contributed by atoms with E-state index in [0.717, 1.165) is 0 Å². The van der Waals surface area contributed by atoms with Crippen molar-refractivity contribution in [2.45, 2.75) is 51.3 Å². The zero-order valence-electron chi connectivity index (χ0n) is 9.82. The summed E-state index contributed by atoms with van der Waals surface area (Å²) >= 11 is 0. The van der Waals surface area contributed by atoms with E-state index in [1.165, 1.54) is 0 Å². The van der Waals surface area contributed by atoms with Crippen LogP contribution in [0.15, 0.2) is 0 Å². The van der Waals surface area contributed by atoms with Gasteiger partial charge in [0, 0.05) is 11.5 Å². The smallest absolute Gasteiger partial charge is 0.0647 e. The van der Waals surface area contributed by atoms with Gasteiger partial charge in [0.1, 0.15) is 0 Å². The summed E-state index contributed by atoms with van der Waals surface area (Å²) in [6, 6.07) is 0.159. The molecule has 0 amide bonds. The molecule has 0 heterocycles. The Hall–Kier alpha value is -0.160. The molecule has 0 spiro atoms. The molecule has 15 heavy (non-hydrogen) atoms. The van der Waals surface area contributed by atoms with Crippen molar-refractivity contribution in [3.63, 3.8) is 0 Å². The van der Waals surface area contributed by atoms with Crippen LogP contribution in [0.25, 0.3) is 0 Å². The van der Waals surface area contributed by atoms with Crippen molar-refractivity contribution < 1.29 is 15.3 Å². The lowest BCUT2D eigenvalue weighted by Gasteiger charge is -2.53. The highest BCUT2D eigenvalue weighted by Crippen LogP contribution is 2.41. The maximum Gasteiger partial charge on any atom is 0.0647 e. The van der Waals surface area contributed by atoms with Gasteiger partial charge in [0.05, 0.1) is 24.9 Å². The standard InChI is InChI=1S/C11H23NO3/c1-4-11(6-13,7-14)12-8-5-9(15)10(8,2)3/h8-9,12-15H,4-7H2,1-3H3. The number of rotatable bonds is 5. The number of aliphatic hydroxyl groups excluding tert-OH is 3. The highest BCUT2D eigenvalue weighted by Gasteiger charge is 2.49. The van der Waals surface area contributed by atoms with Crippen molar-refractivity contribution in [3.8, 4) is 0 Å². The minimum atomic E-state index is -0.609. The lowest BCUT2D eigenvalue weighted by Crippen LogP contribution is -2.67. The van der Waals surface area contributed by atoms with Crippen molar-refractivity contribution in [1.82, 2.24) is 5.32 Å². The minimum Gasteiger partial charge on any atom is -0.394 e. The van der Waals surface area contributed by atoms with Gasteiger partial charge in [-0.25, -0.2) is 0 Å². The van der Waals surface area contributed by atoms with E-state index in [9.17, 15) is 15.3 Å². The number of hydrogen-bond acceptors (Lipinski definition) is 4. The van der Waals surface area contributed by atoms with Gasteiger partial charge in [-0.1, -0.05) is 20.8 Å². The molecule has 1 aliphatic rings. The lowest BCUT2D eigenvalue weighted by molar-refractivity contribution is -0.0905. The van der Waals surface area contributed by atoms with Crippen LogP contribution in [0.2, 0.25) is 0 Å². The summed E-state index contributed by atoms with van der Waals surface area (Å²) in [5, 5.41) is 31.5. The summed E-state index contributed by atoms with van der Waals surface area (Å²) in [7, 11) is 0. The fourth-order valence-electron chi connectivity index (χ4n) is 1.98. The topological polar surface area (TPSA) is 72.7 Å². The van der Waals surface area contributed by atoms with E-state index in [4.69, 9.17) is 0 Å². The van der Waals surface area contributed by atoms with Crippen molar-refractivity contribution in [2.24, 2.45) is 5.41 Å². The molecular weight excluding hydrogens is 194 g/mol. The molecule has 2 atom stereocenters. The van der Waals surface area contributed by atoms with Crippen LogP contribution in [0.4, 0.5) is 0 Å². The Kier molecular flexibility index (Phi) is 3.76. The molecule has 2 unspecified atom stereocenters. The van der Waals surface area contributed by atoms with Crippen LogP contribution in [0.5, 0.6) is 0 Å². The van der Waals surface area contributed by atoms with E-state index >= 15 is 0 Å². The molecule has 0 aromatic heterocycles. The summed E-state index contributed by atoms with van der Waals surface area (Å²) < 4.78 is 0. The first-order valence-corrected chi connectivity index (χ1v) is 5.59. The molecule has 1 rings (SSSR count). The number of aliphatic hydroxyl groups is 3. The average molecular weight is 217 g/mol. The third kappa shape index (κ3) is 2.18. The van der Waals surface area contributed by atoms with Gasteiger partial charge in [-0.3, -0.25) is 0 Å². The van der Waals surface area contributed by atoms with E-state index in [1.54, 1.807) is 0 Å². The summed E-state index contributed by atoms with van der Waals surface area (Å²) in [5.41, 5.74) is -0.785. The van der Waals surface area contributed by atoms with Crippen LogP contribution in [0, 0.1) is 5.41 Å². The predicted molar refractivity (Wildman–Crippen MR) is 58.5 cm³/mol. The molecule has 4 heteroatoms. The van der Waals surface area contributed by atoms with Crippen LogP contribution >= 0.6 is 0 Å². The molecule has 0 saturated heterocycles. The Labute approximate surface area is 91.3 Å². The zero-order valence-corrected chi connectivity index (χ0v) is 9.82. The normalized spacial score (nSPS) is 30.0. The van der Waals surface area contributed by atoms with Gasteiger partial charge in [-0.2, -0.15) is 0 Å². The average Bonchev–Trinajstić information content (AvgIpc) is 2.25. The van der Waals surface area contributed by atoms with Crippen molar-refractivity contribution in [3.05, 3.63) is 0 Å².